The van der Waals surface area contributed by atoms with E-state index < -0.39 is 41.6 Å². The minimum Gasteiger partial charge on any atom is -0.460 e. The number of carbonyl (C=O) groups excluding carboxylic acids is 5. The van der Waals surface area contributed by atoms with Gasteiger partial charge in [-0.05, 0) is 56.7 Å². The third kappa shape index (κ3) is 8.40. The summed E-state index contributed by atoms with van der Waals surface area (Å²) >= 11 is 0. The highest BCUT2D eigenvalue weighted by Crippen LogP contribution is 2.39. The fourth-order valence-electron chi connectivity index (χ4n) is 5.32. The van der Waals surface area contributed by atoms with E-state index in [1.54, 1.807) is 20.8 Å². The van der Waals surface area contributed by atoms with Crippen molar-refractivity contribution in [3.05, 3.63) is 65.2 Å². The molecule has 12 nitrogen and oxygen atoms in total. The smallest absolute Gasteiger partial charge is 0.332 e. The summed E-state index contributed by atoms with van der Waals surface area (Å²) in [6.07, 6.45) is 2.87. The van der Waals surface area contributed by atoms with Gasteiger partial charge in [-0.1, -0.05) is 48.5 Å². The van der Waals surface area contributed by atoms with Gasteiger partial charge in [-0.2, -0.15) is 5.10 Å². The SMILES string of the molecule is CC(C)(C)OC(=O)C[C@@H](/C=N/NC(N)=O)NC(=O)[C@@H]1Cc2cccc3c2N1C(=O)[C@@H](NC(=O)CCc1ccccc1)CC3. The van der Waals surface area contributed by atoms with E-state index in [-0.39, 0.29) is 31.1 Å². The maximum atomic E-state index is 13.9. The van der Waals surface area contributed by atoms with Gasteiger partial charge < -0.3 is 21.1 Å². The molecule has 2 aromatic carbocycles. The van der Waals surface area contributed by atoms with Gasteiger partial charge in [-0.3, -0.25) is 24.1 Å². The highest BCUT2D eigenvalue weighted by molar-refractivity contribution is 6.08. The molecule has 0 saturated heterocycles. The largest absolute Gasteiger partial charge is 0.460 e. The normalized spacial score (nSPS) is 18.4. The van der Waals surface area contributed by atoms with Gasteiger partial charge in [0.15, 0.2) is 0 Å². The molecule has 0 unspecified atom stereocenters. The number of hydrogen-bond donors (Lipinski definition) is 4. The van der Waals surface area contributed by atoms with Crippen LogP contribution in [0.3, 0.4) is 0 Å². The van der Waals surface area contributed by atoms with Crippen molar-refractivity contribution >= 4 is 41.6 Å². The molecule has 2 aliphatic heterocycles. The highest BCUT2D eigenvalue weighted by atomic mass is 16.6. The molecule has 43 heavy (non-hydrogen) atoms. The topological polar surface area (TPSA) is 172 Å². The predicted molar refractivity (Wildman–Crippen MR) is 160 cm³/mol. The molecule has 0 spiro atoms. The number of rotatable bonds is 10. The number of esters is 1. The Morgan fingerprint density at radius 3 is 2.51 bits per heavy atom. The van der Waals surface area contributed by atoms with Crippen LogP contribution in [0.1, 0.15) is 56.7 Å². The number of aryl methyl sites for hydroxylation is 2. The van der Waals surface area contributed by atoms with Crippen molar-refractivity contribution in [1.29, 1.82) is 0 Å². The van der Waals surface area contributed by atoms with E-state index >= 15 is 0 Å². The van der Waals surface area contributed by atoms with Gasteiger partial charge in [-0.15, -0.1) is 0 Å². The number of primary amides is 1. The van der Waals surface area contributed by atoms with Gasteiger partial charge in [0.2, 0.25) is 17.7 Å². The number of hydrazone groups is 1. The Bertz CT molecular complexity index is 1400. The lowest BCUT2D eigenvalue weighted by atomic mass is 10.0. The van der Waals surface area contributed by atoms with Crippen LogP contribution in [0.5, 0.6) is 0 Å². The van der Waals surface area contributed by atoms with Crippen molar-refractivity contribution < 1.29 is 28.7 Å². The van der Waals surface area contributed by atoms with Crippen molar-refractivity contribution in [2.45, 2.75) is 83.0 Å². The van der Waals surface area contributed by atoms with E-state index in [0.717, 1.165) is 16.7 Å². The summed E-state index contributed by atoms with van der Waals surface area (Å²) in [5.41, 5.74) is 9.84. The lowest BCUT2D eigenvalue weighted by Crippen LogP contribution is -2.56. The number of amides is 5. The van der Waals surface area contributed by atoms with Crippen LogP contribution >= 0.6 is 0 Å². The fraction of sp³-hybridized carbons (Fsp3) is 0.419. The van der Waals surface area contributed by atoms with Crippen LogP contribution in [0.4, 0.5) is 10.5 Å². The van der Waals surface area contributed by atoms with Crippen LogP contribution < -0.4 is 26.7 Å². The van der Waals surface area contributed by atoms with E-state index in [9.17, 15) is 24.0 Å². The van der Waals surface area contributed by atoms with E-state index in [2.05, 4.69) is 21.2 Å². The molecule has 5 amide bonds. The minimum atomic E-state index is -0.965. The lowest BCUT2D eigenvalue weighted by molar-refractivity contribution is -0.155. The fourth-order valence-corrected chi connectivity index (χ4v) is 5.32. The molecule has 0 radical (unpaired) electrons. The van der Waals surface area contributed by atoms with E-state index in [1.807, 2.05) is 48.5 Å². The zero-order chi connectivity index (χ0) is 31.1. The number of ether oxygens (including phenoxy) is 1. The number of nitrogens with zero attached hydrogens (tertiary/aromatic N) is 2. The molecule has 5 N–H and O–H groups in total. The highest BCUT2D eigenvalue weighted by Gasteiger charge is 2.44. The Morgan fingerprint density at radius 2 is 1.81 bits per heavy atom. The monoisotopic (exact) mass is 590 g/mol. The van der Waals surface area contributed by atoms with Crippen molar-refractivity contribution in [3.8, 4) is 0 Å². The van der Waals surface area contributed by atoms with Gasteiger partial charge in [0, 0.05) is 19.1 Å². The molecule has 2 heterocycles. The second-order valence-corrected chi connectivity index (χ2v) is 11.7. The maximum Gasteiger partial charge on any atom is 0.332 e. The molecule has 2 aromatic rings. The molecule has 3 atom stereocenters. The quantitative estimate of drug-likeness (QED) is 0.187. The van der Waals surface area contributed by atoms with Crippen LogP contribution in [-0.4, -0.2) is 59.7 Å². The Hall–Kier alpha value is -4.74. The zero-order valence-electron chi connectivity index (χ0n) is 24.6. The molecule has 228 valence electrons. The number of anilines is 1. The maximum absolute atomic E-state index is 13.9. The third-order valence-electron chi connectivity index (χ3n) is 7.09. The molecular weight excluding hydrogens is 552 g/mol. The first-order valence-corrected chi connectivity index (χ1v) is 14.3. The van der Waals surface area contributed by atoms with Crippen molar-refractivity contribution in [3.63, 3.8) is 0 Å². The van der Waals surface area contributed by atoms with Crippen LogP contribution in [-0.2, 0) is 43.2 Å². The summed E-state index contributed by atoms with van der Waals surface area (Å²) in [6.45, 7) is 5.16. The third-order valence-corrected chi connectivity index (χ3v) is 7.09. The van der Waals surface area contributed by atoms with Crippen LogP contribution in [0.15, 0.2) is 53.6 Å². The first kappa shape index (κ1) is 31.2. The average molecular weight is 591 g/mol. The molecule has 4 rings (SSSR count). The Kier molecular flexibility index (Phi) is 9.79. The van der Waals surface area contributed by atoms with Crippen LogP contribution in [0.25, 0.3) is 0 Å². The van der Waals surface area contributed by atoms with Crippen molar-refractivity contribution in [2.75, 3.05) is 4.90 Å². The number of para-hydroxylation sites is 1. The summed E-state index contributed by atoms with van der Waals surface area (Å²) in [5, 5.41) is 9.37. The number of urea groups is 1. The Balaban J connectivity index is 1.51. The number of hydrogen-bond acceptors (Lipinski definition) is 7. The van der Waals surface area contributed by atoms with Crippen molar-refractivity contribution in [1.82, 2.24) is 16.1 Å². The standard InChI is InChI=1S/C31H38N6O6/c1-31(2,3)43-26(39)17-22(18-33-36-30(32)42)34-28(40)24-16-21-11-7-10-20-13-14-23(29(41)37(24)27(20)21)35-25(38)15-12-19-8-5-4-6-9-19/h4-11,18,22-24H,12-17H2,1-3H3,(H,34,40)(H,35,38)(H3,32,36,42)/b33-18+/t22-,23-,24-/m0/s1. The summed E-state index contributed by atoms with van der Waals surface area (Å²) in [6, 6.07) is 11.7. The lowest BCUT2D eigenvalue weighted by Gasteiger charge is -2.29. The number of nitrogens with two attached hydrogens (primary N) is 1. The molecular formula is C31H38N6O6. The van der Waals surface area contributed by atoms with Crippen LogP contribution in [0, 0.1) is 0 Å². The predicted octanol–water partition coefficient (Wildman–Crippen LogP) is 1.88. The van der Waals surface area contributed by atoms with Gasteiger partial charge in [0.1, 0.15) is 17.7 Å². The van der Waals surface area contributed by atoms with E-state index in [0.29, 0.717) is 24.9 Å². The average Bonchev–Trinajstić information content (AvgIpc) is 3.27. The van der Waals surface area contributed by atoms with E-state index in [1.165, 1.54) is 11.1 Å². The number of benzene rings is 2. The second-order valence-electron chi connectivity index (χ2n) is 11.7. The van der Waals surface area contributed by atoms with Gasteiger partial charge in [-0.25, -0.2) is 10.2 Å². The second kappa shape index (κ2) is 13.5. The van der Waals surface area contributed by atoms with E-state index in [4.69, 9.17) is 10.5 Å². The van der Waals surface area contributed by atoms with Gasteiger partial charge in [0.25, 0.3) is 0 Å². The summed E-state index contributed by atoms with van der Waals surface area (Å²) in [7, 11) is 0. The molecule has 0 aromatic heterocycles. The minimum absolute atomic E-state index is 0.223. The molecule has 0 fully saturated rings. The number of nitrogens with one attached hydrogen (secondary N) is 3. The molecule has 2 aliphatic rings. The molecule has 12 heteroatoms. The Labute approximate surface area is 250 Å². The molecule has 0 saturated carbocycles. The molecule has 0 bridgehead atoms. The number of carbonyl (C=O) groups is 5. The summed E-state index contributed by atoms with van der Waals surface area (Å²) < 4.78 is 5.38. The first-order chi connectivity index (χ1) is 20.4. The van der Waals surface area contributed by atoms with Crippen molar-refractivity contribution in [2.24, 2.45) is 10.8 Å². The Morgan fingerprint density at radius 1 is 1.09 bits per heavy atom. The molecule has 0 aliphatic carbocycles. The van der Waals surface area contributed by atoms with Crippen LogP contribution in [0.2, 0.25) is 0 Å². The summed E-state index contributed by atoms with van der Waals surface area (Å²) in [4.78, 5) is 65.7. The summed E-state index contributed by atoms with van der Waals surface area (Å²) in [5.74, 6) is -1.73. The first-order valence-electron chi connectivity index (χ1n) is 14.3. The van der Waals surface area contributed by atoms with Gasteiger partial charge in [0.05, 0.1) is 18.2 Å². The van der Waals surface area contributed by atoms with Gasteiger partial charge >= 0.3 is 12.0 Å². The zero-order valence-corrected chi connectivity index (χ0v) is 24.6.